The van der Waals surface area contributed by atoms with Gasteiger partial charge in [-0.05, 0) is 69.5 Å². The maximum atomic E-state index is 12.6. The zero-order valence-electron chi connectivity index (χ0n) is 9.39. The van der Waals surface area contributed by atoms with Gasteiger partial charge < -0.3 is 0 Å². The van der Waals surface area contributed by atoms with Crippen molar-refractivity contribution in [1.29, 1.82) is 0 Å². The Morgan fingerprint density at radius 1 is 0.600 bits per heavy atom. The number of rotatable bonds is 0. The van der Waals surface area contributed by atoms with Gasteiger partial charge >= 0.3 is 0 Å². The fourth-order valence-electron chi connectivity index (χ4n) is 1.02. The molecule has 1 aromatic rings. The first kappa shape index (κ1) is 17.3. The second-order valence-corrected chi connectivity index (χ2v) is 5.51. The summed E-state index contributed by atoms with van der Waals surface area (Å²) in [6.45, 7) is 0. The maximum absolute atomic E-state index is 12.6. The molecule has 20 heavy (non-hydrogen) atoms. The highest BCUT2D eigenvalue weighted by atomic mass is 127. The summed E-state index contributed by atoms with van der Waals surface area (Å²) in [5.41, 5.74) is 0. The summed E-state index contributed by atoms with van der Waals surface area (Å²) < 4.78 is 49.2. The molecule has 1 aliphatic carbocycles. The minimum absolute atomic E-state index is 0.121. The van der Waals surface area contributed by atoms with Crippen LogP contribution < -0.4 is 0 Å². The minimum Gasteiger partial charge on any atom is -0.290 e. The van der Waals surface area contributed by atoms with E-state index in [1.54, 1.807) is 0 Å². The van der Waals surface area contributed by atoms with E-state index in [1.165, 1.54) is 69.5 Å². The number of halogens is 6. The van der Waals surface area contributed by atoms with Crippen LogP contribution in [0.5, 0.6) is 0 Å². The Bertz CT molecular complexity index is 496. The summed E-state index contributed by atoms with van der Waals surface area (Å²) in [6.07, 6.45) is 5.01. The SMILES string of the molecule is Fc1c(F)c(I)c(F)c(F)c1I.O=C1C=CC(=O)C=C1. The Balaban J connectivity index is 0.000000217. The number of ketones is 2. The van der Waals surface area contributed by atoms with Gasteiger partial charge in [-0.1, -0.05) is 0 Å². The van der Waals surface area contributed by atoms with E-state index in [0.29, 0.717) is 0 Å². The van der Waals surface area contributed by atoms with Crippen molar-refractivity contribution in [2.45, 2.75) is 0 Å². The molecule has 2 nitrogen and oxygen atoms in total. The average Bonchev–Trinajstić information content (AvgIpc) is 2.45. The third-order valence-electron chi connectivity index (χ3n) is 1.98. The molecule has 1 aliphatic rings. The third kappa shape index (κ3) is 4.11. The van der Waals surface area contributed by atoms with E-state index >= 15 is 0 Å². The maximum Gasteiger partial charge on any atom is 0.178 e. The van der Waals surface area contributed by atoms with E-state index in [1.807, 2.05) is 0 Å². The predicted molar refractivity (Wildman–Crippen MR) is 80.0 cm³/mol. The van der Waals surface area contributed by atoms with E-state index < -0.39 is 30.4 Å². The van der Waals surface area contributed by atoms with Gasteiger partial charge in [0.2, 0.25) is 0 Å². The van der Waals surface area contributed by atoms with Gasteiger partial charge in [-0.2, -0.15) is 0 Å². The Labute approximate surface area is 138 Å². The van der Waals surface area contributed by atoms with Crippen molar-refractivity contribution in [3.05, 3.63) is 54.7 Å². The lowest BCUT2D eigenvalue weighted by atomic mass is 10.2. The minimum atomic E-state index is -1.35. The van der Waals surface area contributed by atoms with Gasteiger partial charge in [0.1, 0.15) is 0 Å². The van der Waals surface area contributed by atoms with Gasteiger partial charge in [0.05, 0.1) is 7.14 Å². The first-order valence-corrected chi connectivity index (χ1v) is 7.02. The lowest BCUT2D eigenvalue weighted by Gasteiger charge is -2.02. The number of benzene rings is 1. The molecule has 2 rings (SSSR count). The summed E-state index contributed by atoms with van der Waals surface area (Å²) in [6, 6.07) is 0. The van der Waals surface area contributed by atoms with Crippen molar-refractivity contribution in [3.8, 4) is 0 Å². The molecule has 8 heteroatoms. The van der Waals surface area contributed by atoms with Gasteiger partial charge in [0, 0.05) is 0 Å². The Kier molecular flexibility index (Phi) is 6.30. The first-order chi connectivity index (χ1) is 9.25. The average molecular weight is 510 g/mol. The van der Waals surface area contributed by atoms with Crippen LogP contribution in [0.4, 0.5) is 17.6 Å². The predicted octanol–water partition coefficient (Wildman–Crippen LogP) is 3.70. The molecule has 0 spiro atoms. The number of carbonyl (C=O) groups excluding carboxylic acids is 2. The smallest absolute Gasteiger partial charge is 0.178 e. The van der Waals surface area contributed by atoms with Crippen LogP contribution >= 0.6 is 45.2 Å². The normalized spacial score (nSPS) is 13.3. The summed E-state index contributed by atoms with van der Waals surface area (Å²) in [5.74, 6) is -5.63. The second-order valence-electron chi connectivity index (χ2n) is 3.36. The summed E-state index contributed by atoms with van der Waals surface area (Å²) in [7, 11) is 0. The number of carbonyl (C=O) groups is 2. The molecule has 0 fully saturated rings. The van der Waals surface area contributed by atoms with Crippen molar-refractivity contribution >= 4 is 56.7 Å². The molecule has 0 aromatic heterocycles. The van der Waals surface area contributed by atoms with Crippen LogP contribution in [-0.2, 0) is 9.59 Å². The van der Waals surface area contributed by atoms with E-state index in [9.17, 15) is 27.2 Å². The van der Waals surface area contributed by atoms with Crippen LogP contribution in [-0.4, -0.2) is 11.6 Å². The summed E-state index contributed by atoms with van der Waals surface area (Å²) in [5, 5.41) is 0. The second kappa shape index (κ2) is 7.29. The number of hydrogen-bond donors (Lipinski definition) is 0. The van der Waals surface area contributed by atoms with Gasteiger partial charge in [0.25, 0.3) is 0 Å². The fourth-order valence-corrected chi connectivity index (χ4v) is 1.96. The van der Waals surface area contributed by atoms with E-state index in [4.69, 9.17) is 0 Å². The largest absolute Gasteiger partial charge is 0.290 e. The molecule has 0 saturated carbocycles. The topological polar surface area (TPSA) is 34.1 Å². The molecule has 0 unspecified atom stereocenters. The Morgan fingerprint density at radius 2 is 0.800 bits per heavy atom. The van der Waals surface area contributed by atoms with Crippen LogP contribution in [0.15, 0.2) is 24.3 Å². The fraction of sp³-hybridized carbons (Fsp3) is 0. The summed E-state index contributed by atoms with van der Waals surface area (Å²) >= 11 is 2.41. The standard InChI is InChI=1S/C6F4I2.C6H4O2/c7-1-2(8)6(12)4(10)3(9)5(1)11;7-5-1-2-6(8)4-3-5/h;1-4H. The Hall–Kier alpha value is -0.780. The molecule has 0 saturated heterocycles. The van der Waals surface area contributed by atoms with Gasteiger partial charge in [-0.25, -0.2) is 17.6 Å². The molecular weight excluding hydrogens is 506 g/mol. The molecule has 0 radical (unpaired) electrons. The van der Waals surface area contributed by atoms with Gasteiger partial charge in [-0.3, -0.25) is 9.59 Å². The van der Waals surface area contributed by atoms with Crippen molar-refractivity contribution in [2.24, 2.45) is 0 Å². The van der Waals surface area contributed by atoms with Crippen molar-refractivity contribution < 1.29 is 27.2 Å². The van der Waals surface area contributed by atoms with Crippen LogP contribution in [0.2, 0.25) is 0 Å². The Morgan fingerprint density at radius 3 is 1.00 bits per heavy atom. The molecule has 1 aromatic carbocycles. The van der Waals surface area contributed by atoms with Crippen molar-refractivity contribution in [2.75, 3.05) is 0 Å². The highest BCUT2D eigenvalue weighted by Gasteiger charge is 2.21. The molecule has 0 aliphatic heterocycles. The van der Waals surface area contributed by atoms with Gasteiger partial charge in [0.15, 0.2) is 34.8 Å². The molecular formula is C12H4F4I2O2. The molecule has 0 heterocycles. The van der Waals surface area contributed by atoms with Crippen molar-refractivity contribution in [3.63, 3.8) is 0 Å². The monoisotopic (exact) mass is 510 g/mol. The van der Waals surface area contributed by atoms with Gasteiger partial charge in [-0.15, -0.1) is 0 Å². The number of hydrogen-bond acceptors (Lipinski definition) is 2. The third-order valence-corrected chi connectivity index (χ3v) is 3.87. The molecule has 0 atom stereocenters. The van der Waals surface area contributed by atoms with Crippen molar-refractivity contribution in [1.82, 2.24) is 0 Å². The quantitative estimate of drug-likeness (QED) is 0.176. The molecule has 0 amide bonds. The van der Waals surface area contributed by atoms with Crippen LogP contribution in [0.1, 0.15) is 0 Å². The lowest BCUT2D eigenvalue weighted by Crippen LogP contribution is -2.02. The zero-order valence-corrected chi connectivity index (χ0v) is 13.7. The van der Waals surface area contributed by atoms with E-state index in [2.05, 4.69) is 0 Å². The van der Waals surface area contributed by atoms with E-state index in [0.717, 1.165) is 0 Å². The molecule has 0 bridgehead atoms. The highest BCUT2D eigenvalue weighted by Crippen LogP contribution is 2.25. The van der Waals surface area contributed by atoms with Crippen LogP contribution in [0, 0.1) is 30.4 Å². The lowest BCUT2D eigenvalue weighted by molar-refractivity contribution is -0.113. The molecule has 106 valence electrons. The number of allylic oxidation sites excluding steroid dienone is 4. The molecule has 0 N–H and O–H groups in total. The first-order valence-electron chi connectivity index (χ1n) is 4.86. The highest BCUT2D eigenvalue weighted by molar-refractivity contribution is 14.1. The van der Waals surface area contributed by atoms with Crippen LogP contribution in [0.25, 0.3) is 0 Å². The zero-order chi connectivity index (χ0) is 15.4. The van der Waals surface area contributed by atoms with Crippen LogP contribution in [0.3, 0.4) is 0 Å². The summed E-state index contributed by atoms with van der Waals surface area (Å²) in [4.78, 5) is 20.6. The van der Waals surface area contributed by atoms with E-state index in [-0.39, 0.29) is 11.6 Å².